The molecule has 0 fully saturated rings. The van der Waals surface area contributed by atoms with Gasteiger partial charge in [0, 0.05) is 19.7 Å². The minimum Gasteiger partial charge on any atom is -0.494 e. The van der Waals surface area contributed by atoms with Crippen molar-refractivity contribution in [3.8, 4) is 5.75 Å². The molecule has 0 aliphatic carbocycles. The first-order valence-corrected chi connectivity index (χ1v) is 8.74. The zero-order valence-electron chi connectivity index (χ0n) is 15.5. The second kappa shape index (κ2) is 9.71. The maximum atomic E-state index is 5.65. The maximum Gasteiger partial charge on any atom is 0.191 e. The summed E-state index contributed by atoms with van der Waals surface area (Å²) in [5.41, 5.74) is 2.15. The van der Waals surface area contributed by atoms with Crippen LogP contribution in [0.25, 0.3) is 0 Å². The molecule has 0 atom stereocenters. The summed E-state index contributed by atoms with van der Waals surface area (Å²) in [6, 6.07) is 10.1. The zero-order valence-corrected chi connectivity index (χ0v) is 15.5. The third-order valence-corrected chi connectivity index (χ3v) is 3.78. The molecule has 136 valence electrons. The second-order valence-electron chi connectivity index (χ2n) is 6.02. The van der Waals surface area contributed by atoms with Crippen LogP contribution in [0.3, 0.4) is 0 Å². The van der Waals surface area contributed by atoms with E-state index in [0.29, 0.717) is 19.1 Å². The number of hydrogen-bond acceptors (Lipinski definition) is 4. The monoisotopic (exact) mass is 344 g/mol. The summed E-state index contributed by atoms with van der Waals surface area (Å²) < 4.78 is 11.0. The lowest BCUT2D eigenvalue weighted by atomic mass is 10.1. The predicted molar refractivity (Wildman–Crippen MR) is 100 cm³/mol. The fourth-order valence-corrected chi connectivity index (χ4v) is 2.40. The van der Waals surface area contributed by atoms with E-state index >= 15 is 0 Å². The summed E-state index contributed by atoms with van der Waals surface area (Å²) in [7, 11) is 1.75. The van der Waals surface area contributed by atoms with Gasteiger partial charge in [-0.05, 0) is 30.9 Å². The van der Waals surface area contributed by atoms with Crippen molar-refractivity contribution in [1.29, 1.82) is 0 Å². The first-order chi connectivity index (χ1) is 12.1. The average Bonchev–Trinajstić information content (AvgIpc) is 3.09. The van der Waals surface area contributed by atoms with Crippen LogP contribution in [0.5, 0.6) is 5.75 Å². The van der Waals surface area contributed by atoms with Gasteiger partial charge in [0.2, 0.25) is 0 Å². The number of aliphatic imine (C=N–C) groups is 1. The van der Waals surface area contributed by atoms with Crippen LogP contribution in [0.1, 0.15) is 43.7 Å². The van der Waals surface area contributed by atoms with Gasteiger partial charge in [0.25, 0.3) is 0 Å². The van der Waals surface area contributed by atoms with Gasteiger partial charge in [-0.3, -0.25) is 4.99 Å². The molecule has 0 saturated carbocycles. The Bertz CT molecular complexity index is 680. The van der Waals surface area contributed by atoms with E-state index in [1.165, 1.54) is 5.56 Å². The van der Waals surface area contributed by atoms with Crippen molar-refractivity contribution in [1.82, 2.24) is 15.8 Å². The van der Waals surface area contributed by atoms with Gasteiger partial charge in [0.15, 0.2) is 11.7 Å². The first kappa shape index (κ1) is 18.8. The molecule has 0 spiro atoms. The van der Waals surface area contributed by atoms with E-state index in [1.807, 2.05) is 31.2 Å². The average molecular weight is 344 g/mol. The highest BCUT2D eigenvalue weighted by Crippen LogP contribution is 2.18. The van der Waals surface area contributed by atoms with Crippen molar-refractivity contribution in [3.63, 3.8) is 0 Å². The number of guanidine groups is 1. The second-order valence-corrected chi connectivity index (χ2v) is 6.02. The van der Waals surface area contributed by atoms with E-state index in [9.17, 15) is 0 Å². The van der Waals surface area contributed by atoms with Crippen LogP contribution in [-0.2, 0) is 13.0 Å². The van der Waals surface area contributed by atoms with Crippen molar-refractivity contribution < 1.29 is 9.26 Å². The van der Waals surface area contributed by atoms with Crippen LogP contribution in [0, 0.1) is 0 Å². The fourth-order valence-electron chi connectivity index (χ4n) is 2.40. The number of ether oxygens (including phenoxy) is 1. The highest BCUT2D eigenvalue weighted by Gasteiger charge is 2.08. The lowest BCUT2D eigenvalue weighted by Gasteiger charge is -2.13. The number of rotatable bonds is 8. The number of hydrogen-bond donors (Lipinski definition) is 2. The van der Waals surface area contributed by atoms with Crippen LogP contribution in [-0.4, -0.2) is 31.3 Å². The number of nitrogens with one attached hydrogen (secondary N) is 2. The lowest BCUT2D eigenvalue weighted by molar-refractivity contribution is 0.336. The molecule has 1 heterocycles. The Balaban J connectivity index is 1.80. The van der Waals surface area contributed by atoms with Crippen molar-refractivity contribution in [2.75, 3.05) is 20.2 Å². The number of benzene rings is 1. The van der Waals surface area contributed by atoms with Gasteiger partial charge in [0.05, 0.1) is 18.8 Å². The minimum absolute atomic E-state index is 0.361. The summed E-state index contributed by atoms with van der Waals surface area (Å²) in [5.74, 6) is 2.84. The highest BCUT2D eigenvalue weighted by atomic mass is 16.5. The minimum atomic E-state index is 0.361. The van der Waals surface area contributed by atoms with Crippen LogP contribution >= 0.6 is 0 Å². The molecule has 0 aliphatic heterocycles. The molecule has 2 aromatic rings. The van der Waals surface area contributed by atoms with Gasteiger partial charge in [-0.25, -0.2) is 0 Å². The third-order valence-electron chi connectivity index (χ3n) is 3.78. The summed E-state index contributed by atoms with van der Waals surface area (Å²) >= 11 is 0. The quantitative estimate of drug-likeness (QED) is 0.569. The summed E-state index contributed by atoms with van der Waals surface area (Å²) in [6.07, 6.45) is 0.858. The van der Waals surface area contributed by atoms with Gasteiger partial charge in [-0.15, -0.1) is 0 Å². The fraction of sp³-hybridized carbons (Fsp3) is 0.474. The molecule has 6 heteroatoms. The first-order valence-electron chi connectivity index (χ1n) is 8.74. The molecule has 2 rings (SSSR count). The predicted octanol–water partition coefficient (Wildman–Crippen LogP) is 3.10. The Morgan fingerprint density at radius 3 is 2.76 bits per heavy atom. The molecule has 0 bridgehead atoms. The molecule has 0 aliphatic rings. The van der Waals surface area contributed by atoms with E-state index in [0.717, 1.165) is 36.1 Å². The van der Waals surface area contributed by atoms with E-state index in [-0.39, 0.29) is 0 Å². The molecule has 0 unspecified atom stereocenters. The van der Waals surface area contributed by atoms with Gasteiger partial charge in [0.1, 0.15) is 5.75 Å². The summed E-state index contributed by atoms with van der Waals surface area (Å²) in [5, 5.41) is 10.6. The van der Waals surface area contributed by atoms with E-state index in [2.05, 4.69) is 40.7 Å². The van der Waals surface area contributed by atoms with Crippen molar-refractivity contribution >= 4 is 5.96 Å². The summed E-state index contributed by atoms with van der Waals surface area (Å²) in [4.78, 5) is 4.24. The Morgan fingerprint density at radius 1 is 1.28 bits per heavy atom. The van der Waals surface area contributed by atoms with Gasteiger partial charge in [-0.1, -0.05) is 37.2 Å². The standard InChI is InChI=1S/C19H28N4O2/c1-5-24-18-9-7-6-8-15(18)10-11-21-19(20-4)22-13-16-12-17(14(2)3)23-25-16/h6-9,12,14H,5,10-11,13H2,1-4H3,(H2,20,21,22). The molecular formula is C19H28N4O2. The highest BCUT2D eigenvalue weighted by molar-refractivity contribution is 5.79. The molecule has 0 amide bonds. The number of para-hydroxylation sites is 1. The van der Waals surface area contributed by atoms with Gasteiger partial charge >= 0.3 is 0 Å². The number of nitrogens with zero attached hydrogens (tertiary/aromatic N) is 2. The zero-order chi connectivity index (χ0) is 18.1. The van der Waals surface area contributed by atoms with Crippen LogP contribution in [0.4, 0.5) is 0 Å². The Morgan fingerprint density at radius 2 is 2.08 bits per heavy atom. The van der Waals surface area contributed by atoms with Gasteiger partial charge in [-0.2, -0.15) is 0 Å². The Hall–Kier alpha value is -2.50. The molecular weight excluding hydrogens is 316 g/mol. The molecule has 2 N–H and O–H groups in total. The normalized spacial score (nSPS) is 11.6. The Kier molecular flexibility index (Phi) is 7.32. The third kappa shape index (κ3) is 5.81. The van der Waals surface area contributed by atoms with Crippen LogP contribution < -0.4 is 15.4 Å². The number of aromatic nitrogens is 1. The van der Waals surface area contributed by atoms with Crippen molar-refractivity contribution in [2.24, 2.45) is 4.99 Å². The molecule has 1 aromatic heterocycles. The van der Waals surface area contributed by atoms with Crippen molar-refractivity contribution in [3.05, 3.63) is 47.3 Å². The van der Waals surface area contributed by atoms with Crippen molar-refractivity contribution in [2.45, 2.75) is 39.7 Å². The molecule has 6 nitrogen and oxygen atoms in total. The summed E-state index contributed by atoms with van der Waals surface area (Å²) in [6.45, 7) is 8.16. The SMILES string of the molecule is CCOc1ccccc1CCNC(=NC)NCc1cc(C(C)C)no1. The van der Waals surface area contributed by atoms with E-state index in [1.54, 1.807) is 7.05 Å². The smallest absolute Gasteiger partial charge is 0.191 e. The largest absolute Gasteiger partial charge is 0.494 e. The van der Waals surface area contributed by atoms with Crippen LogP contribution in [0.15, 0.2) is 39.8 Å². The van der Waals surface area contributed by atoms with E-state index < -0.39 is 0 Å². The molecule has 0 saturated heterocycles. The molecule has 0 radical (unpaired) electrons. The Labute approximate surface area is 149 Å². The van der Waals surface area contributed by atoms with Crippen LogP contribution in [0.2, 0.25) is 0 Å². The topological polar surface area (TPSA) is 71.7 Å². The lowest BCUT2D eigenvalue weighted by Crippen LogP contribution is -2.37. The molecule has 1 aromatic carbocycles. The molecule has 25 heavy (non-hydrogen) atoms. The van der Waals surface area contributed by atoms with Gasteiger partial charge < -0.3 is 19.9 Å². The maximum absolute atomic E-state index is 5.65. The van der Waals surface area contributed by atoms with E-state index in [4.69, 9.17) is 9.26 Å².